The summed E-state index contributed by atoms with van der Waals surface area (Å²) in [6, 6.07) is 14.4. The first kappa shape index (κ1) is 22.1. The zero-order valence-corrected chi connectivity index (χ0v) is 18.1. The predicted octanol–water partition coefficient (Wildman–Crippen LogP) is 4.46. The molecule has 0 saturated heterocycles. The van der Waals surface area contributed by atoms with Crippen LogP contribution in [0.5, 0.6) is 5.75 Å². The second kappa shape index (κ2) is 9.93. The van der Waals surface area contributed by atoms with Crippen LogP contribution in [0, 0.1) is 20.8 Å². The summed E-state index contributed by atoms with van der Waals surface area (Å²) in [5.74, 6) is 0.255. The molecule has 0 unspecified atom stereocenters. The Morgan fingerprint density at radius 3 is 2.48 bits per heavy atom. The number of hydrogen-bond acceptors (Lipinski definition) is 6. The molecule has 3 rings (SSSR count). The van der Waals surface area contributed by atoms with Crippen LogP contribution in [-0.2, 0) is 20.7 Å². The van der Waals surface area contributed by atoms with E-state index < -0.39 is 18.0 Å². The monoisotopic (exact) mass is 422 g/mol. The van der Waals surface area contributed by atoms with Crippen LogP contribution in [0.2, 0.25) is 0 Å². The molecule has 31 heavy (non-hydrogen) atoms. The highest BCUT2D eigenvalue weighted by Crippen LogP contribution is 2.28. The van der Waals surface area contributed by atoms with Gasteiger partial charge in [0.05, 0.1) is 18.5 Å². The number of aromatic nitrogens is 1. The van der Waals surface area contributed by atoms with Gasteiger partial charge in [-0.1, -0.05) is 41.6 Å². The van der Waals surface area contributed by atoms with Gasteiger partial charge in [0.15, 0.2) is 0 Å². The van der Waals surface area contributed by atoms with Crippen molar-refractivity contribution in [3.63, 3.8) is 0 Å². The van der Waals surface area contributed by atoms with E-state index in [1.54, 1.807) is 43.3 Å². The highest BCUT2D eigenvalue weighted by atomic mass is 16.5. The third kappa shape index (κ3) is 5.51. The SMILES string of the molecule is COc1ccc(C)cc1NC(=O)[C@@H](OC(=O)CCc1c(C)noc1C)c1ccccc1. The molecule has 0 aliphatic rings. The standard InChI is InChI=1S/C24H26N2O5/c1-15-10-12-21(29-4)20(14-15)25-24(28)23(18-8-6-5-7-9-18)30-22(27)13-11-19-16(2)26-31-17(19)3/h5-10,12,14,23H,11,13H2,1-4H3,(H,25,28)/t23-/m0/s1. The number of amides is 1. The van der Waals surface area contributed by atoms with E-state index in [0.717, 1.165) is 16.8 Å². The summed E-state index contributed by atoms with van der Waals surface area (Å²) in [6.45, 7) is 5.54. The fourth-order valence-electron chi connectivity index (χ4n) is 3.29. The van der Waals surface area contributed by atoms with Crippen LogP contribution in [0.1, 0.15) is 40.7 Å². The molecule has 1 heterocycles. The fraction of sp³-hybridized carbons (Fsp3) is 0.292. The first-order valence-electron chi connectivity index (χ1n) is 10.0. The molecule has 0 fully saturated rings. The lowest BCUT2D eigenvalue weighted by Crippen LogP contribution is -2.26. The Balaban J connectivity index is 1.76. The molecule has 0 saturated carbocycles. The third-order valence-corrected chi connectivity index (χ3v) is 4.96. The molecule has 3 aromatic rings. The van der Waals surface area contributed by atoms with E-state index in [-0.39, 0.29) is 6.42 Å². The summed E-state index contributed by atoms with van der Waals surface area (Å²) in [6.07, 6.45) is -0.564. The fourth-order valence-corrected chi connectivity index (χ4v) is 3.29. The number of nitrogens with zero attached hydrogens (tertiary/aromatic N) is 1. The molecule has 0 aliphatic carbocycles. The molecule has 0 spiro atoms. The lowest BCUT2D eigenvalue weighted by Gasteiger charge is -2.19. The first-order valence-corrected chi connectivity index (χ1v) is 10.0. The average molecular weight is 422 g/mol. The Morgan fingerprint density at radius 2 is 1.84 bits per heavy atom. The van der Waals surface area contributed by atoms with Gasteiger partial charge in [0.2, 0.25) is 6.10 Å². The van der Waals surface area contributed by atoms with Crippen molar-refractivity contribution in [1.82, 2.24) is 5.16 Å². The average Bonchev–Trinajstić information content (AvgIpc) is 3.08. The van der Waals surface area contributed by atoms with Crippen molar-refractivity contribution < 1.29 is 23.6 Å². The molecule has 1 amide bonds. The topological polar surface area (TPSA) is 90.7 Å². The number of aryl methyl sites for hydroxylation is 3. The molecule has 1 aromatic heterocycles. The van der Waals surface area contributed by atoms with E-state index in [4.69, 9.17) is 14.0 Å². The number of rotatable bonds is 8. The van der Waals surface area contributed by atoms with Crippen molar-refractivity contribution in [2.45, 2.75) is 39.7 Å². The van der Waals surface area contributed by atoms with Crippen LogP contribution in [0.15, 0.2) is 53.1 Å². The summed E-state index contributed by atoms with van der Waals surface area (Å²) in [7, 11) is 1.53. The highest BCUT2D eigenvalue weighted by molar-refractivity contribution is 5.97. The minimum Gasteiger partial charge on any atom is -0.495 e. The molecular weight excluding hydrogens is 396 g/mol. The van der Waals surface area contributed by atoms with Crippen molar-refractivity contribution in [2.24, 2.45) is 0 Å². The maximum absolute atomic E-state index is 13.1. The van der Waals surface area contributed by atoms with Crippen LogP contribution in [0.25, 0.3) is 0 Å². The van der Waals surface area contributed by atoms with Crippen molar-refractivity contribution in [2.75, 3.05) is 12.4 Å². The van der Waals surface area contributed by atoms with Gasteiger partial charge >= 0.3 is 5.97 Å². The van der Waals surface area contributed by atoms with Crippen LogP contribution in [0.3, 0.4) is 0 Å². The summed E-state index contributed by atoms with van der Waals surface area (Å²) >= 11 is 0. The number of carbonyl (C=O) groups is 2. The zero-order valence-electron chi connectivity index (χ0n) is 18.1. The Labute approximate surface area is 181 Å². The van der Waals surface area contributed by atoms with E-state index in [1.165, 1.54) is 7.11 Å². The molecule has 1 atom stereocenters. The summed E-state index contributed by atoms with van der Waals surface area (Å²) in [4.78, 5) is 25.7. The quantitative estimate of drug-likeness (QED) is 0.539. The van der Waals surface area contributed by atoms with Crippen molar-refractivity contribution in [1.29, 1.82) is 0 Å². The number of anilines is 1. The Kier molecular flexibility index (Phi) is 7.07. The van der Waals surface area contributed by atoms with Crippen LogP contribution < -0.4 is 10.1 Å². The Morgan fingerprint density at radius 1 is 1.10 bits per heavy atom. The van der Waals surface area contributed by atoms with Crippen LogP contribution in [0.4, 0.5) is 5.69 Å². The van der Waals surface area contributed by atoms with Gasteiger partial charge in [-0.25, -0.2) is 0 Å². The molecular formula is C24H26N2O5. The van der Waals surface area contributed by atoms with E-state index in [1.807, 2.05) is 26.0 Å². The van der Waals surface area contributed by atoms with Crippen LogP contribution in [-0.4, -0.2) is 24.1 Å². The van der Waals surface area contributed by atoms with Gasteiger partial charge in [-0.3, -0.25) is 9.59 Å². The number of ether oxygens (including phenoxy) is 2. The zero-order chi connectivity index (χ0) is 22.4. The molecule has 7 heteroatoms. The Bertz CT molecular complexity index is 1040. The molecule has 0 aliphatic heterocycles. The number of carbonyl (C=O) groups excluding carboxylic acids is 2. The van der Waals surface area contributed by atoms with Gasteiger partial charge in [0.1, 0.15) is 11.5 Å². The maximum Gasteiger partial charge on any atom is 0.307 e. The van der Waals surface area contributed by atoms with Crippen molar-refractivity contribution in [3.8, 4) is 5.75 Å². The van der Waals surface area contributed by atoms with E-state index in [2.05, 4.69) is 10.5 Å². The second-order valence-electron chi connectivity index (χ2n) is 7.28. The van der Waals surface area contributed by atoms with Gasteiger partial charge in [-0.05, 0) is 44.9 Å². The van der Waals surface area contributed by atoms with Gasteiger partial charge in [0, 0.05) is 17.5 Å². The lowest BCUT2D eigenvalue weighted by molar-refractivity contribution is -0.154. The van der Waals surface area contributed by atoms with Crippen molar-refractivity contribution >= 4 is 17.6 Å². The number of benzene rings is 2. The normalized spacial score (nSPS) is 11.6. The minimum atomic E-state index is -1.09. The summed E-state index contributed by atoms with van der Waals surface area (Å²) < 4.78 is 16.1. The van der Waals surface area contributed by atoms with E-state index in [0.29, 0.717) is 29.2 Å². The Hall–Kier alpha value is -3.61. The van der Waals surface area contributed by atoms with E-state index in [9.17, 15) is 9.59 Å². The van der Waals surface area contributed by atoms with Crippen LogP contribution >= 0.6 is 0 Å². The summed E-state index contributed by atoms with van der Waals surface area (Å²) in [5, 5.41) is 6.73. The third-order valence-electron chi connectivity index (χ3n) is 4.96. The minimum absolute atomic E-state index is 0.104. The van der Waals surface area contributed by atoms with Gasteiger partial charge in [-0.15, -0.1) is 0 Å². The number of methoxy groups -OCH3 is 1. The highest BCUT2D eigenvalue weighted by Gasteiger charge is 2.26. The number of nitrogens with one attached hydrogen (secondary N) is 1. The smallest absolute Gasteiger partial charge is 0.307 e. The molecule has 0 radical (unpaired) electrons. The molecule has 162 valence electrons. The molecule has 7 nitrogen and oxygen atoms in total. The molecule has 0 bridgehead atoms. The van der Waals surface area contributed by atoms with Crippen molar-refractivity contribution in [3.05, 3.63) is 76.7 Å². The summed E-state index contributed by atoms with van der Waals surface area (Å²) in [5.41, 5.74) is 3.68. The van der Waals surface area contributed by atoms with E-state index >= 15 is 0 Å². The number of hydrogen-bond donors (Lipinski definition) is 1. The van der Waals surface area contributed by atoms with Gasteiger partial charge in [0.25, 0.3) is 5.91 Å². The molecule has 2 aromatic carbocycles. The maximum atomic E-state index is 13.1. The predicted molar refractivity (Wildman–Crippen MR) is 116 cm³/mol. The van der Waals surface area contributed by atoms with Gasteiger partial charge < -0.3 is 19.3 Å². The largest absolute Gasteiger partial charge is 0.495 e. The lowest BCUT2D eigenvalue weighted by atomic mass is 10.1. The number of esters is 1. The molecule has 1 N–H and O–H groups in total. The first-order chi connectivity index (χ1) is 14.9. The van der Waals surface area contributed by atoms with Gasteiger partial charge in [-0.2, -0.15) is 0 Å². The second-order valence-corrected chi connectivity index (χ2v) is 7.28.